The van der Waals surface area contributed by atoms with Gasteiger partial charge in [-0.15, -0.1) is 0 Å². The number of hydrogen-bond acceptors (Lipinski definition) is 5. The first-order valence-electron chi connectivity index (χ1n) is 16.3. The molecule has 244 valence electrons. The van der Waals surface area contributed by atoms with E-state index >= 15 is 4.57 Å². The molecular weight excluding hydrogens is 589 g/mol. The van der Waals surface area contributed by atoms with Gasteiger partial charge in [-0.1, -0.05) is 73.5 Å². The van der Waals surface area contributed by atoms with Gasteiger partial charge in [-0.3, -0.25) is 24.1 Å². The molecule has 0 radical (unpaired) electrons. The van der Waals surface area contributed by atoms with E-state index in [1.165, 1.54) is 4.90 Å². The normalized spacial score (nSPS) is 24.8. The molecular formula is C34H48N5O5P. The maximum absolute atomic E-state index is 15.6. The van der Waals surface area contributed by atoms with Crippen LogP contribution in [-0.4, -0.2) is 69.0 Å². The molecule has 10 nitrogen and oxygen atoms in total. The van der Waals surface area contributed by atoms with Gasteiger partial charge in [0.1, 0.15) is 11.6 Å². The molecule has 0 unspecified atom stereocenters. The second-order valence-corrected chi connectivity index (χ2v) is 15.7. The lowest BCUT2D eigenvalue weighted by Gasteiger charge is -2.38. The Kier molecular flexibility index (Phi) is 10.1. The van der Waals surface area contributed by atoms with Crippen molar-refractivity contribution in [3.8, 4) is 0 Å². The molecule has 2 saturated heterocycles. The fourth-order valence-electron chi connectivity index (χ4n) is 7.22. The highest BCUT2D eigenvalue weighted by molar-refractivity contribution is 7.58. The van der Waals surface area contributed by atoms with Crippen LogP contribution in [0.4, 0.5) is 4.79 Å². The van der Waals surface area contributed by atoms with Gasteiger partial charge in [0.15, 0.2) is 0 Å². The van der Waals surface area contributed by atoms with Gasteiger partial charge in [0, 0.05) is 30.7 Å². The van der Waals surface area contributed by atoms with Gasteiger partial charge in [-0.25, -0.2) is 14.1 Å². The summed E-state index contributed by atoms with van der Waals surface area (Å²) in [5, 5.41) is 5.69. The molecule has 2 aromatic carbocycles. The second kappa shape index (κ2) is 13.7. The number of nitrogens with one attached hydrogen (secondary N) is 2. The Morgan fingerprint density at radius 1 is 0.844 bits per heavy atom. The van der Waals surface area contributed by atoms with E-state index in [1.54, 1.807) is 20.8 Å². The molecule has 5 rings (SSSR count). The lowest BCUT2D eigenvalue weighted by atomic mass is 9.88. The Hall–Kier alpha value is -3.20. The number of carbonyl (C=O) groups excluding carboxylic acids is 3. The standard InChI is InChI=1S/C34H48N5O5P/c1-24(26-15-8-6-9-16-26)38-28-19-12-13-20-29(28)39(25(2)27-17-10-7-11-18-27)45(38,43)36-31(40)23-35-32(41)30-21-14-22-37(30)33(42)44-34(3,4)5/h6-11,15-18,24-25,28-30H,12-14,19-23H2,1-5H3,(H,35,41)(H,36,40,43)/t24-,25-,28-,29-,30-/m1/s1. The molecule has 3 amide bonds. The van der Waals surface area contributed by atoms with E-state index in [0.717, 1.165) is 36.8 Å². The molecule has 3 fully saturated rings. The lowest BCUT2D eigenvalue weighted by molar-refractivity contribution is -0.128. The second-order valence-electron chi connectivity index (χ2n) is 13.5. The summed E-state index contributed by atoms with van der Waals surface area (Å²) in [5.74, 6) is -0.946. The van der Waals surface area contributed by atoms with Crippen LogP contribution in [0.3, 0.4) is 0 Å². The van der Waals surface area contributed by atoms with Gasteiger partial charge in [0.2, 0.25) is 11.8 Å². The molecule has 2 heterocycles. The van der Waals surface area contributed by atoms with Crippen molar-refractivity contribution < 1.29 is 23.7 Å². The van der Waals surface area contributed by atoms with Crippen LogP contribution in [0, 0.1) is 0 Å². The fourth-order valence-corrected chi connectivity index (χ4v) is 10.6. The van der Waals surface area contributed by atoms with E-state index < -0.39 is 37.1 Å². The van der Waals surface area contributed by atoms with Crippen LogP contribution in [-0.2, 0) is 18.9 Å². The monoisotopic (exact) mass is 637 g/mol. The first kappa shape index (κ1) is 33.2. The first-order chi connectivity index (χ1) is 21.4. The highest BCUT2D eigenvalue weighted by Crippen LogP contribution is 2.66. The third kappa shape index (κ3) is 7.13. The molecule has 2 aromatic rings. The number of fused-ring (bicyclic) bond motifs is 1. The predicted molar refractivity (Wildman–Crippen MR) is 174 cm³/mol. The van der Waals surface area contributed by atoms with Crippen LogP contribution in [0.5, 0.6) is 0 Å². The minimum absolute atomic E-state index is 0.00159. The van der Waals surface area contributed by atoms with E-state index in [1.807, 2.05) is 60.7 Å². The number of rotatable bonds is 8. The number of nitrogens with zero attached hydrogens (tertiary/aromatic N) is 3. The van der Waals surface area contributed by atoms with E-state index in [9.17, 15) is 14.4 Å². The summed E-state index contributed by atoms with van der Waals surface area (Å²) in [6.07, 6.45) is 4.45. The van der Waals surface area contributed by atoms with Crippen molar-refractivity contribution in [2.75, 3.05) is 13.1 Å². The van der Waals surface area contributed by atoms with Gasteiger partial charge in [-0.2, -0.15) is 0 Å². The topological polar surface area (TPSA) is 111 Å². The molecule has 1 saturated carbocycles. The van der Waals surface area contributed by atoms with E-state index in [4.69, 9.17) is 4.74 Å². The van der Waals surface area contributed by atoms with Gasteiger partial charge < -0.3 is 10.1 Å². The Labute approximate surface area is 267 Å². The smallest absolute Gasteiger partial charge is 0.410 e. The largest absolute Gasteiger partial charge is 0.444 e. The minimum Gasteiger partial charge on any atom is -0.444 e. The molecule has 2 N–H and O–H groups in total. The summed E-state index contributed by atoms with van der Waals surface area (Å²) in [6.45, 7) is 9.53. The summed E-state index contributed by atoms with van der Waals surface area (Å²) in [5.41, 5.74) is 1.38. The summed E-state index contributed by atoms with van der Waals surface area (Å²) in [7, 11) is -3.70. The number of likely N-dealkylation sites (tertiary alicyclic amines) is 1. The van der Waals surface area contributed by atoms with Crippen molar-refractivity contribution in [3.63, 3.8) is 0 Å². The molecule has 3 aliphatic rings. The van der Waals surface area contributed by atoms with Gasteiger partial charge in [-0.05, 0) is 71.4 Å². The lowest BCUT2D eigenvalue weighted by Crippen LogP contribution is -2.49. The van der Waals surface area contributed by atoms with E-state index in [-0.39, 0.29) is 30.7 Å². The van der Waals surface area contributed by atoms with Gasteiger partial charge in [0.05, 0.1) is 6.54 Å². The maximum atomic E-state index is 15.6. The van der Waals surface area contributed by atoms with Gasteiger partial charge >= 0.3 is 13.7 Å². The van der Waals surface area contributed by atoms with Gasteiger partial charge in [0.25, 0.3) is 0 Å². The number of amides is 3. The molecule has 11 heteroatoms. The van der Waals surface area contributed by atoms with E-state index in [0.29, 0.717) is 19.4 Å². The quantitative estimate of drug-likeness (QED) is 0.333. The molecule has 45 heavy (non-hydrogen) atoms. The van der Waals surface area contributed by atoms with Crippen molar-refractivity contribution >= 4 is 25.5 Å². The number of benzene rings is 2. The molecule has 2 aliphatic heterocycles. The fraction of sp³-hybridized carbons (Fsp3) is 0.559. The maximum Gasteiger partial charge on any atom is 0.410 e. The number of carbonyl (C=O) groups is 3. The Balaban J connectivity index is 1.39. The van der Waals surface area contributed by atoms with Crippen molar-refractivity contribution in [1.82, 2.24) is 24.6 Å². The third-order valence-electron chi connectivity index (χ3n) is 9.23. The van der Waals surface area contributed by atoms with Crippen molar-refractivity contribution in [2.45, 2.75) is 109 Å². The summed E-state index contributed by atoms with van der Waals surface area (Å²) in [4.78, 5) is 41.1. The average Bonchev–Trinajstić information content (AvgIpc) is 3.60. The van der Waals surface area contributed by atoms with Crippen LogP contribution < -0.4 is 10.4 Å². The predicted octanol–water partition coefficient (Wildman–Crippen LogP) is 6.18. The van der Waals surface area contributed by atoms with Crippen LogP contribution >= 0.6 is 7.59 Å². The number of ether oxygens (including phenoxy) is 1. The SMILES string of the molecule is C[C@H](c1ccccc1)N1[C@@H]2CCCC[C@H]2N([C@H](C)c2ccccc2)P1(=O)NC(=O)CNC(=O)[C@H]1CCCN1C(=O)OC(C)(C)C. The first-order valence-corrected chi connectivity index (χ1v) is 17.9. The van der Waals surface area contributed by atoms with Crippen molar-refractivity contribution in [3.05, 3.63) is 71.8 Å². The third-order valence-corrected chi connectivity index (χ3v) is 12.3. The molecule has 1 aliphatic carbocycles. The zero-order valence-corrected chi connectivity index (χ0v) is 28.0. The molecule has 0 spiro atoms. The Bertz CT molecular complexity index is 1340. The van der Waals surface area contributed by atoms with Crippen LogP contribution in [0.2, 0.25) is 0 Å². The highest BCUT2D eigenvalue weighted by Gasteiger charge is 2.59. The summed E-state index contributed by atoms with van der Waals surface area (Å²) in [6, 6.07) is 18.8. The number of hydrogen-bond donors (Lipinski definition) is 2. The molecule has 0 aromatic heterocycles. The van der Waals surface area contributed by atoms with Crippen LogP contribution in [0.15, 0.2) is 60.7 Å². The van der Waals surface area contributed by atoms with Crippen molar-refractivity contribution in [1.29, 1.82) is 0 Å². The van der Waals surface area contributed by atoms with Crippen LogP contribution in [0.25, 0.3) is 0 Å². The molecule has 5 atom stereocenters. The highest BCUT2D eigenvalue weighted by atomic mass is 31.2. The Morgan fingerprint density at radius 2 is 1.36 bits per heavy atom. The average molecular weight is 638 g/mol. The minimum atomic E-state index is -3.70. The Morgan fingerprint density at radius 3 is 1.84 bits per heavy atom. The van der Waals surface area contributed by atoms with E-state index in [2.05, 4.69) is 33.6 Å². The summed E-state index contributed by atoms with van der Waals surface area (Å²) < 4.78 is 25.2. The molecule has 0 bridgehead atoms. The van der Waals surface area contributed by atoms with Crippen LogP contribution in [0.1, 0.15) is 96.4 Å². The van der Waals surface area contributed by atoms with Crippen molar-refractivity contribution in [2.24, 2.45) is 0 Å². The zero-order valence-electron chi connectivity index (χ0n) is 27.1. The summed E-state index contributed by atoms with van der Waals surface area (Å²) >= 11 is 0. The zero-order chi connectivity index (χ0) is 32.4.